The van der Waals surface area contributed by atoms with Crippen molar-refractivity contribution >= 4 is 0 Å². The highest BCUT2D eigenvalue weighted by atomic mass is 15.3. The molecule has 1 fully saturated rings. The Morgan fingerprint density at radius 2 is 1.85 bits per heavy atom. The van der Waals surface area contributed by atoms with Gasteiger partial charge in [0.25, 0.3) is 0 Å². The van der Waals surface area contributed by atoms with Crippen LogP contribution in [0.1, 0.15) is 46.0 Å². The van der Waals surface area contributed by atoms with Gasteiger partial charge in [0.05, 0.1) is 25.8 Å². The SMILES string of the molecule is C/C=C/[N+]1(CCCC)CCCCC1. The minimum Gasteiger partial charge on any atom is -0.298 e. The summed E-state index contributed by atoms with van der Waals surface area (Å²) in [6.07, 6.45) is 11.7. The Hall–Kier alpha value is -0.300. The third kappa shape index (κ3) is 3.15. The van der Waals surface area contributed by atoms with Crippen LogP contribution in [0.3, 0.4) is 0 Å². The van der Waals surface area contributed by atoms with E-state index in [4.69, 9.17) is 0 Å². The zero-order valence-corrected chi connectivity index (χ0v) is 9.26. The molecule has 0 unspecified atom stereocenters. The first-order chi connectivity index (χ1) is 6.33. The first kappa shape index (κ1) is 10.8. The van der Waals surface area contributed by atoms with Gasteiger partial charge in [-0.05, 0) is 38.7 Å². The van der Waals surface area contributed by atoms with E-state index in [2.05, 4.69) is 26.1 Å². The van der Waals surface area contributed by atoms with Gasteiger partial charge in [0.15, 0.2) is 0 Å². The topological polar surface area (TPSA) is 0 Å². The van der Waals surface area contributed by atoms with Gasteiger partial charge >= 0.3 is 0 Å². The Bertz CT molecular complexity index is 155. The molecule has 0 spiro atoms. The quantitative estimate of drug-likeness (QED) is 0.585. The highest BCUT2D eigenvalue weighted by molar-refractivity contribution is 4.71. The van der Waals surface area contributed by atoms with Crippen molar-refractivity contribution in [3.63, 3.8) is 0 Å². The molecule has 1 heterocycles. The van der Waals surface area contributed by atoms with E-state index < -0.39 is 0 Å². The molecular formula is C12H24N+. The average Bonchev–Trinajstić information content (AvgIpc) is 2.17. The van der Waals surface area contributed by atoms with Crippen LogP contribution in [0.15, 0.2) is 12.3 Å². The van der Waals surface area contributed by atoms with E-state index in [1.807, 2.05) is 0 Å². The summed E-state index contributed by atoms with van der Waals surface area (Å²) >= 11 is 0. The normalized spacial score (nSPS) is 22.3. The van der Waals surface area contributed by atoms with Crippen LogP contribution in [0.2, 0.25) is 0 Å². The maximum Gasteiger partial charge on any atom is 0.0915 e. The minimum absolute atomic E-state index is 1.27. The molecule has 1 nitrogen and oxygen atoms in total. The molecule has 0 saturated carbocycles. The molecule has 0 atom stereocenters. The number of quaternary nitrogens is 1. The standard InChI is InChI=1S/C12H24N/c1-3-5-10-13(9-4-2)11-7-6-8-12-13/h4,9H,3,5-8,10-12H2,1-2H3/q+1/b9-4+. The number of nitrogens with zero attached hydrogens (tertiary/aromatic N) is 1. The van der Waals surface area contributed by atoms with Gasteiger partial charge in [-0.2, -0.15) is 0 Å². The Labute approximate surface area is 83.0 Å². The van der Waals surface area contributed by atoms with Crippen LogP contribution >= 0.6 is 0 Å². The molecule has 0 N–H and O–H groups in total. The smallest absolute Gasteiger partial charge is 0.0915 e. The molecule has 1 saturated heterocycles. The maximum absolute atomic E-state index is 2.43. The lowest BCUT2D eigenvalue weighted by Gasteiger charge is -2.38. The van der Waals surface area contributed by atoms with Crippen LogP contribution in [0, 0.1) is 0 Å². The van der Waals surface area contributed by atoms with Crippen molar-refractivity contribution < 1.29 is 4.48 Å². The van der Waals surface area contributed by atoms with Crippen LogP contribution in [-0.4, -0.2) is 24.1 Å². The van der Waals surface area contributed by atoms with E-state index in [1.165, 1.54) is 56.2 Å². The van der Waals surface area contributed by atoms with E-state index >= 15 is 0 Å². The fourth-order valence-electron chi connectivity index (χ4n) is 2.38. The monoisotopic (exact) mass is 182 g/mol. The van der Waals surface area contributed by atoms with Crippen molar-refractivity contribution in [3.05, 3.63) is 12.3 Å². The van der Waals surface area contributed by atoms with E-state index in [1.54, 1.807) is 0 Å². The summed E-state index contributed by atoms with van der Waals surface area (Å²) in [7, 11) is 0. The molecule has 0 radical (unpaired) electrons. The van der Waals surface area contributed by atoms with Crippen LogP contribution in [0.5, 0.6) is 0 Å². The summed E-state index contributed by atoms with van der Waals surface area (Å²) < 4.78 is 1.27. The van der Waals surface area contributed by atoms with E-state index in [-0.39, 0.29) is 0 Å². The molecule has 0 bridgehead atoms. The second-order valence-corrected chi connectivity index (χ2v) is 4.29. The van der Waals surface area contributed by atoms with Crippen LogP contribution < -0.4 is 0 Å². The number of likely N-dealkylation sites (tertiary alicyclic amines) is 1. The van der Waals surface area contributed by atoms with Crippen molar-refractivity contribution in [1.29, 1.82) is 0 Å². The van der Waals surface area contributed by atoms with Gasteiger partial charge in [0.2, 0.25) is 0 Å². The highest BCUT2D eigenvalue weighted by Gasteiger charge is 2.26. The first-order valence-corrected chi connectivity index (χ1v) is 5.82. The summed E-state index contributed by atoms with van der Waals surface area (Å²) in [5.41, 5.74) is 0. The van der Waals surface area contributed by atoms with Gasteiger partial charge in [0, 0.05) is 0 Å². The van der Waals surface area contributed by atoms with Crippen LogP contribution in [-0.2, 0) is 0 Å². The Morgan fingerprint density at radius 1 is 1.15 bits per heavy atom. The molecule has 76 valence electrons. The van der Waals surface area contributed by atoms with Crippen molar-refractivity contribution in [2.24, 2.45) is 0 Å². The summed E-state index contributed by atoms with van der Waals surface area (Å²) in [5.74, 6) is 0. The largest absolute Gasteiger partial charge is 0.298 e. The molecule has 1 heteroatoms. The number of hydrogen-bond acceptors (Lipinski definition) is 0. The summed E-state index contributed by atoms with van der Waals surface area (Å²) in [5, 5.41) is 0. The zero-order valence-electron chi connectivity index (χ0n) is 9.26. The summed E-state index contributed by atoms with van der Waals surface area (Å²) in [6, 6.07) is 0. The molecule has 0 aromatic carbocycles. The lowest BCUT2D eigenvalue weighted by Crippen LogP contribution is -2.47. The molecule has 1 rings (SSSR count). The van der Waals surface area contributed by atoms with Crippen molar-refractivity contribution in [2.45, 2.75) is 46.0 Å². The van der Waals surface area contributed by atoms with Crippen molar-refractivity contribution in [3.8, 4) is 0 Å². The van der Waals surface area contributed by atoms with E-state index in [9.17, 15) is 0 Å². The molecular weight excluding hydrogens is 158 g/mol. The van der Waals surface area contributed by atoms with E-state index in [0.717, 1.165) is 0 Å². The molecule has 0 aromatic heterocycles. The lowest BCUT2D eigenvalue weighted by atomic mass is 10.1. The van der Waals surface area contributed by atoms with Gasteiger partial charge in [-0.1, -0.05) is 13.3 Å². The molecule has 0 aromatic rings. The van der Waals surface area contributed by atoms with Gasteiger partial charge in [0.1, 0.15) is 0 Å². The third-order valence-electron chi connectivity index (χ3n) is 3.13. The number of rotatable bonds is 4. The number of hydrogen-bond donors (Lipinski definition) is 0. The molecule has 1 aliphatic heterocycles. The minimum atomic E-state index is 1.27. The van der Waals surface area contributed by atoms with Gasteiger partial charge in [-0.3, -0.25) is 4.48 Å². The Balaban J connectivity index is 2.50. The molecule has 1 aliphatic rings. The third-order valence-corrected chi connectivity index (χ3v) is 3.13. The average molecular weight is 182 g/mol. The first-order valence-electron chi connectivity index (χ1n) is 5.82. The number of allylic oxidation sites excluding steroid dienone is 1. The van der Waals surface area contributed by atoms with Crippen molar-refractivity contribution in [2.75, 3.05) is 19.6 Å². The Morgan fingerprint density at radius 3 is 2.38 bits per heavy atom. The van der Waals surface area contributed by atoms with Crippen molar-refractivity contribution in [1.82, 2.24) is 0 Å². The highest BCUT2D eigenvalue weighted by Crippen LogP contribution is 2.20. The predicted octanol–water partition coefficient (Wildman–Crippen LogP) is 3.32. The molecule has 0 amide bonds. The number of unbranched alkanes of at least 4 members (excludes halogenated alkanes) is 1. The van der Waals surface area contributed by atoms with Gasteiger partial charge in [-0.25, -0.2) is 0 Å². The number of piperidine rings is 1. The van der Waals surface area contributed by atoms with Gasteiger partial charge in [-0.15, -0.1) is 0 Å². The summed E-state index contributed by atoms with van der Waals surface area (Å²) in [4.78, 5) is 0. The van der Waals surface area contributed by atoms with Crippen LogP contribution in [0.25, 0.3) is 0 Å². The fourth-order valence-corrected chi connectivity index (χ4v) is 2.38. The second-order valence-electron chi connectivity index (χ2n) is 4.29. The van der Waals surface area contributed by atoms with E-state index in [0.29, 0.717) is 0 Å². The zero-order chi connectivity index (χ0) is 9.57. The maximum atomic E-state index is 2.43. The fraction of sp³-hybridized carbons (Fsp3) is 0.833. The molecule has 0 aliphatic carbocycles. The summed E-state index contributed by atoms with van der Waals surface area (Å²) in [6.45, 7) is 8.56. The lowest BCUT2D eigenvalue weighted by molar-refractivity contribution is -0.884. The van der Waals surface area contributed by atoms with Crippen LogP contribution in [0.4, 0.5) is 0 Å². The second kappa shape index (κ2) is 5.43. The van der Waals surface area contributed by atoms with Gasteiger partial charge < -0.3 is 0 Å². The molecule has 13 heavy (non-hydrogen) atoms. The Kier molecular flexibility index (Phi) is 4.51. The predicted molar refractivity (Wildman–Crippen MR) is 58.4 cm³/mol.